The number of pyridine rings is 1. The summed E-state index contributed by atoms with van der Waals surface area (Å²) < 4.78 is 8.73. The second kappa shape index (κ2) is 3.72. The Kier molecular flexibility index (Phi) is 1.99. The van der Waals surface area contributed by atoms with Crippen molar-refractivity contribution in [2.24, 2.45) is 0 Å². The van der Waals surface area contributed by atoms with Crippen molar-refractivity contribution in [2.45, 2.75) is 0 Å². The van der Waals surface area contributed by atoms with Crippen LogP contribution in [0, 0.1) is 0 Å². The van der Waals surface area contributed by atoms with Crippen LogP contribution in [0.4, 0.5) is 0 Å². The Labute approximate surface area is 120 Å². The quantitative estimate of drug-likeness (QED) is 0.396. The van der Waals surface area contributed by atoms with E-state index in [0.717, 1.165) is 16.7 Å². The van der Waals surface area contributed by atoms with Crippen LogP contribution in [0.5, 0.6) is 0 Å². The molecule has 5 rings (SSSR count). The molecule has 0 saturated heterocycles. The second-order valence-electron chi connectivity index (χ2n) is 4.86. The minimum atomic E-state index is 0.263. The molecule has 20 heavy (non-hydrogen) atoms. The van der Waals surface area contributed by atoms with E-state index in [0.29, 0.717) is 0 Å². The second-order valence-corrected chi connectivity index (χ2v) is 7.14. The first-order valence-corrected chi connectivity index (χ1v) is 8.20. The van der Waals surface area contributed by atoms with E-state index in [4.69, 9.17) is 4.42 Å². The van der Waals surface area contributed by atoms with Gasteiger partial charge in [-0.2, -0.15) is 0 Å². The SMILES string of the molecule is c1cnc2c(c1)[se]c1cccc3oc4cccc2c4c31. The third kappa shape index (κ3) is 1.26. The molecule has 0 spiro atoms. The first kappa shape index (κ1) is 10.7. The van der Waals surface area contributed by atoms with Gasteiger partial charge in [0.15, 0.2) is 0 Å². The van der Waals surface area contributed by atoms with Gasteiger partial charge < -0.3 is 0 Å². The average Bonchev–Trinajstić information content (AvgIpc) is 2.79. The fourth-order valence-electron chi connectivity index (χ4n) is 2.91. The van der Waals surface area contributed by atoms with Crippen molar-refractivity contribution in [2.75, 3.05) is 0 Å². The van der Waals surface area contributed by atoms with Crippen molar-refractivity contribution in [3.05, 3.63) is 54.7 Å². The van der Waals surface area contributed by atoms with E-state index in [-0.39, 0.29) is 14.5 Å². The van der Waals surface area contributed by atoms with Crippen molar-refractivity contribution in [1.82, 2.24) is 4.98 Å². The van der Waals surface area contributed by atoms with E-state index in [1.54, 1.807) is 0 Å². The summed E-state index contributed by atoms with van der Waals surface area (Å²) in [6, 6.07) is 16.8. The van der Waals surface area contributed by atoms with Gasteiger partial charge in [-0.15, -0.1) is 0 Å². The standard InChI is InChI=1S/C17H9NOSe/c1-4-10-15-11(5-1)19-12-6-2-7-13(16(12)15)20-14-8-3-9-18-17(10)14/h1-9H. The molecule has 3 heteroatoms. The molecule has 0 aliphatic carbocycles. The molecule has 2 nitrogen and oxygen atoms in total. The molecule has 0 radical (unpaired) electrons. The Morgan fingerprint density at radius 3 is 2.55 bits per heavy atom. The number of hydrogen-bond donors (Lipinski definition) is 0. The Bertz CT molecular complexity index is 1100. The Morgan fingerprint density at radius 2 is 1.60 bits per heavy atom. The molecule has 5 aromatic rings. The van der Waals surface area contributed by atoms with Gasteiger partial charge in [-0.05, 0) is 0 Å². The number of furan rings is 1. The van der Waals surface area contributed by atoms with Gasteiger partial charge in [0.25, 0.3) is 0 Å². The summed E-state index contributed by atoms with van der Waals surface area (Å²) in [5, 5.41) is 3.69. The summed E-state index contributed by atoms with van der Waals surface area (Å²) >= 11 is 0.263. The van der Waals surface area contributed by atoms with Gasteiger partial charge >= 0.3 is 120 Å². The monoisotopic (exact) mass is 323 g/mol. The van der Waals surface area contributed by atoms with Crippen molar-refractivity contribution in [3.63, 3.8) is 0 Å². The van der Waals surface area contributed by atoms with Gasteiger partial charge in [0, 0.05) is 0 Å². The zero-order chi connectivity index (χ0) is 13.1. The van der Waals surface area contributed by atoms with E-state index in [1.165, 1.54) is 24.7 Å². The molecule has 0 aliphatic heterocycles. The van der Waals surface area contributed by atoms with Crippen molar-refractivity contribution in [3.8, 4) is 0 Å². The molecule has 0 N–H and O–H groups in total. The van der Waals surface area contributed by atoms with Gasteiger partial charge in [-0.1, -0.05) is 0 Å². The molecule has 0 saturated carbocycles. The molecule has 94 valence electrons. The zero-order valence-electron chi connectivity index (χ0n) is 10.5. The molecular formula is C17H9NOSe. The van der Waals surface area contributed by atoms with Crippen molar-refractivity contribution < 1.29 is 4.42 Å². The predicted molar refractivity (Wildman–Crippen MR) is 83.5 cm³/mol. The summed E-state index contributed by atoms with van der Waals surface area (Å²) in [4.78, 5) is 4.63. The number of nitrogens with zero attached hydrogens (tertiary/aromatic N) is 1. The van der Waals surface area contributed by atoms with Crippen LogP contribution in [0.3, 0.4) is 0 Å². The van der Waals surface area contributed by atoms with Gasteiger partial charge in [-0.3, -0.25) is 0 Å². The molecule has 0 fully saturated rings. The third-order valence-electron chi connectivity index (χ3n) is 3.73. The van der Waals surface area contributed by atoms with E-state index < -0.39 is 0 Å². The number of hydrogen-bond acceptors (Lipinski definition) is 2. The Balaban J connectivity index is 2.32. The number of aromatic nitrogens is 1. The average molecular weight is 322 g/mol. The summed E-state index contributed by atoms with van der Waals surface area (Å²) in [5.41, 5.74) is 3.05. The molecule has 0 atom stereocenters. The topological polar surface area (TPSA) is 26.0 Å². The maximum absolute atomic E-state index is 6.01. The molecule has 0 unspecified atom stereocenters. The zero-order valence-corrected chi connectivity index (χ0v) is 12.2. The van der Waals surface area contributed by atoms with Crippen LogP contribution in [0.1, 0.15) is 0 Å². The summed E-state index contributed by atoms with van der Waals surface area (Å²) in [7, 11) is 0. The maximum atomic E-state index is 6.01. The van der Waals surface area contributed by atoms with Gasteiger partial charge in [0.2, 0.25) is 0 Å². The fourth-order valence-corrected chi connectivity index (χ4v) is 5.21. The molecule has 0 bridgehead atoms. The van der Waals surface area contributed by atoms with Crippen LogP contribution in [0.2, 0.25) is 0 Å². The van der Waals surface area contributed by atoms with Crippen LogP contribution in [0.25, 0.3) is 41.4 Å². The van der Waals surface area contributed by atoms with E-state index >= 15 is 0 Å². The summed E-state index contributed by atoms with van der Waals surface area (Å²) in [6.45, 7) is 0. The first-order valence-electron chi connectivity index (χ1n) is 6.49. The normalized spacial score (nSPS) is 12.0. The molecule has 0 aliphatic rings. The molecule has 3 heterocycles. The van der Waals surface area contributed by atoms with Crippen LogP contribution in [0.15, 0.2) is 59.1 Å². The third-order valence-corrected chi connectivity index (χ3v) is 6.06. The van der Waals surface area contributed by atoms with Crippen molar-refractivity contribution >= 4 is 55.9 Å². The Hall–Kier alpha value is -2.09. The molecule has 2 aromatic carbocycles. The predicted octanol–water partition coefficient (Wildman–Crippen LogP) is 4.34. The van der Waals surface area contributed by atoms with Gasteiger partial charge in [-0.25, -0.2) is 0 Å². The number of rotatable bonds is 0. The van der Waals surface area contributed by atoms with Crippen LogP contribution in [-0.2, 0) is 0 Å². The fraction of sp³-hybridized carbons (Fsp3) is 0. The summed E-state index contributed by atoms with van der Waals surface area (Å²) in [6.07, 6.45) is 1.88. The van der Waals surface area contributed by atoms with Crippen LogP contribution < -0.4 is 0 Å². The van der Waals surface area contributed by atoms with E-state index in [2.05, 4.69) is 41.4 Å². The van der Waals surface area contributed by atoms with Crippen LogP contribution >= 0.6 is 0 Å². The molecule has 3 aromatic heterocycles. The van der Waals surface area contributed by atoms with Crippen LogP contribution in [-0.4, -0.2) is 19.5 Å². The van der Waals surface area contributed by atoms with Gasteiger partial charge in [0.05, 0.1) is 0 Å². The number of fused-ring (bicyclic) bond motifs is 2. The van der Waals surface area contributed by atoms with Crippen molar-refractivity contribution in [1.29, 1.82) is 0 Å². The van der Waals surface area contributed by atoms with Gasteiger partial charge in [0.1, 0.15) is 0 Å². The molecular weight excluding hydrogens is 313 g/mol. The van der Waals surface area contributed by atoms with E-state index in [9.17, 15) is 0 Å². The number of benzene rings is 2. The first-order chi connectivity index (χ1) is 9.92. The van der Waals surface area contributed by atoms with E-state index in [1.807, 2.05) is 18.3 Å². The Morgan fingerprint density at radius 1 is 0.800 bits per heavy atom. The minimum absolute atomic E-state index is 0.263. The molecule has 0 amide bonds. The summed E-state index contributed by atoms with van der Waals surface area (Å²) in [5.74, 6) is 0.